The maximum Gasteiger partial charge on any atom is 0.156 e. The minimum Gasteiger partial charge on any atom is -0.373 e. The summed E-state index contributed by atoms with van der Waals surface area (Å²) in [6.45, 7) is 7.86. The molecule has 0 saturated heterocycles. The lowest BCUT2D eigenvalue weighted by Gasteiger charge is -2.26. The van der Waals surface area contributed by atoms with Crippen molar-refractivity contribution in [3.8, 4) is 11.8 Å². The van der Waals surface area contributed by atoms with Crippen LogP contribution in [0.5, 0.6) is 0 Å². The van der Waals surface area contributed by atoms with Crippen molar-refractivity contribution in [3.63, 3.8) is 0 Å². The Kier molecular flexibility index (Phi) is 4.03. The number of hydrogen-bond acceptors (Lipinski definition) is 3. The van der Waals surface area contributed by atoms with Crippen molar-refractivity contribution in [3.05, 3.63) is 24.3 Å². The molecule has 1 N–H and O–H groups in total. The first kappa shape index (κ1) is 12.7. The van der Waals surface area contributed by atoms with Gasteiger partial charge in [-0.3, -0.25) is 0 Å². The molecule has 1 atom stereocenters. The van der Waals surface area contributed by atoms with Gasteiger partial charge in [0.2, 0.25) is 0 Å². The van der Waals surface area contributed by atoms with Gasteiger partial charge in [0.05, 0.1) is 0 Å². The standard InChI is InChI=1S/C13H18N2O/c1-10(2)5-6-13(16,11(3)4)12-7-14-9-15-8-12/h7-11,16H,1-4H3. The minimum atomic E-state index is -1.16. The fourth-order valence-electron chi connectivity index (χ4n) is 1.30. The Morgan fingerprint density at radius 1 is 1.19 bits per heavy atom. The molecule has 1 unspecified atom stereocenters. The van der Waals surface area contributed by atoms with Crippen LogP contribution in [0.15, 0.2) is 18.7 Å². The molecule has 3 heteroatoms. The Morgan fingerprint density at radius 3 is 2.19 bits per heavy atom. The first-order valence-electron chi connectivity index (χ1n) is 5.47. The van der Waals surface area contributed by atoms with Gasteiger partial charge in [0.25, 0.3) is 0 Å². The Balaban J connectivity index is 3.14. The zero-order valence-electron chi connectivity index (χ0n) is 10.2. The van der Waals surface area contributed by atoms with Crippen LogP contribution < -0.4 is 0 Å². The number of hydrogen-bond donors (Lipinski definition) is 1. The second kappa shape index (κ2) is 5.09. The van der Waals surface area contributed by atoms with Crippen molar-refractivity contribution >= 4 is 0 Å². The summed E-state index contributed by atoms with van der Waals surface area (Å²) in [5, 5.41) is 10.6. The fraction of sp³-hybridized carbons (Fsp3) is 0.538. The lowest BCUT2D eigenvalue weighted by atomic mass is 9.85. The number of rotatable bonds is 2. The van der Waals surface area contributed by atoms with Gasteiger partial charge in [0.15, 0.2) is 5.60 Å². The molecule has 0 amide bonds. The molecule has 0 aliphatic heterocycles. The average Bonchev–Trinajstić information content (AvgIpc) is 2.26. The Labute approximate surface area is 96.9 Å². The molecule has 0 fully saturated rings. The molecule has 0 aromatic carbocycles. The van der Waals surface area contributed by atoms with Crippen molar-refractivity contribution in [1.29, 1.82) is 0 Å². The van der Waals surface area contributed by atoms with E-state index in [1.165, 1.54) is 6.33 Å². The number of aromatic nitrogens is 2. The van der Waals surface area contributed by atoms with E-state index >= 15 is 0 Å². The van der Waals surface area contributed by atoms with E-state index in [0.717, 1.165) is 0 Å². The van der Waals surface area contributed by atoms with Gasteiger partial charge in [-0.1, -0.05) is 39.5 Å². The topological polar surface area (TPSA) is 46.0 Å². The molecular weight excluding hydrogens is 200 g/mol. The molecule has 1 aromatic heterocycles. The van der Waals surface area contributed by atoms with Crippen LogP contribution in [0.1, 0.15) is 33.3 Å². The van der Waals surface area contributed by atoms with E-state index in [1.54, 1.807) is 12.4 Å². The number of aliphatic hydroxyl groups is 1. The smallest absolute Gasteiger partial charge is 0.156 e. The van der Waals surface area contributed by atoms with E-state index in [4.69, 9.17) is 0 Å². The average molecular weight is 218 g/mol. The van der Waals surface area contributed by atoms with E-state index in [9.17, 15) is 5.11 Å². The van der Waals surface area contributed by atoms with Crippen molar-refractivity contribution < 1.29 is 5.11 Å². The molecular formula is C13H18N2O. The van der Waals surface area contributed by atoms with Crippen molar-refractivity contribution in [2.24, 2.45) is 11.8 Å². The van der Waals surface area contributed by atoms with Crippen LogP contribution >= 0.6 is 0 Å². The second-order valence-electron chi connectivity index (χ2n) is 4.47. The SMILES string of the molecule is CC(C)C#CC(O)(c1cncnc1)C(C)C. The number of nitrogens with zero attached hydrogens (tertiary/aromatic N) is 2. The molecule has 0 spiro atoms. The van der Waals surface area contributed by atoms with Gasteiger partial charge in [-0.05, 0) is 5.92 Å². The van der Waals surface area contributed by atoms with Crippen LogP contribution in [-0.2, 0) is 5.60 Å². The molecule has 0 radical (unpaired) electrons. The maximum atomic E-state index is 10.6. The zero-order chi connectivity index (χ0) is 12.2. The van der Waals surface area contributed by atoms with Gasteiger partial charge >= 0.3 is 0 Å². The van der Waals surface area contributed by atoms with Gasteiger partial charge in [0, 0.05) is 23.9 Å². The summed E-state index contributed by atoms with van der Waals surface area (Å²) in [7, 11) is 0. The lowest BCUT2D eigenvalue weighted by molar-refractivity contribution is 0.0494. The van der Waals surface area contributed by atoms with Crippen LogP contribution in [0.2, 0.25) is 0 Å². The summed E-state index contributed by atoms with van der Waals surface area (Å²) in [6, 6.07) is 0. The summed E-state index contributed by atoms with van der Waals surface area (Å²) >= 11 is 0. The lowest BCUT2D eigenvalue weighted by Crippen LogP contribution is -2.30. The monoisotopic (exact) mass is 218 g/mol. The van der Waals surface area contributed by atoms with Crippen LogP contribution in [0.3, 0.4) is 0 Å². The van der Waals surface area contributed by atoms with E-state index in [-0.39, 0.29) is 11.8 Å². The summed E-state index contributed by atoms with van der Waals surface area (Å²) in [4.78, 5) is 7.84. The van der Waals surface area contributed by atoms with Crippen molar-refractivity contribution in [2.75, 3.05) is 0 Å². The van der Waals surface area contributed by atoms with Crippen LogP contribution in [0.4, 0.5) is 0 Å². The fourth-order valence-corrected chi connectivity index (χ4v) is 1.30. The van der Waals surface area contributed by atoms with Crippen molar-refractivity contribution in [1.82, 2.24) is 9.97 Å². The van der Waals surface area contributed by atoms with Gasteiger partial charge in [-0.15, -0.1) is 0 Å². The highest BCUT2D eigenvalue weighted by molar-refractivity contribution is 5.29. The molecule has 1 heterocycles. The molecule has 0 aliphatic carbocycles. The highest BCUT2D eigenvalue weighted by Gasteiger charge is 2.31. The molecule has 0 bridgehead atoms. The summed E-state index contributed by atoms with van der Waals surface area (Å²) in [6.07, 6.45) is 4.67. The molecule has 0 saturated carbocycles. The van der Waals surface area contributed by atoms with E-state index in [2.05, 4.69) is 21.8 Å². The maximum absolute atomic E-state index is 10.6. The molecule has 1 rings (SSSR count). The quantitative estimate of drug-likeness (QED) is 0.772. The summed E-state index contributed by atoms with van der Waals surface area (Å²) in [5.74, 6) is 6.17. The van der Waals surface area contributed by atoms with Gasteiger partial charge < -0.3 is 5.11 Å². The Morgan fingerprint density at radius 2 is 1.75 bits per heavy atom. The Hall–Kier alpha value is -1.40. The zero-order valence-corrected chi connectivity index (χ0v) is 10.2. The second-order valence-corrected chi connectivity index (χ2v) is 4.47. The van der Waals surface area contributed by atoms with E-state index in [0.29, 0.717) is 5.56 Å². The third-order valence-electron chi connectivity index (χ3n) is 2.39. The largest absolute Gasteiger partial charge is 0.373 e. The predicted molar refractivity (Wildman–Crippen MR) is 63.4 cm³/mol. The highest BCUT2D eigenvalue weighted by Crippen LogP contribution is 2.27. The predicted octanol–water partition coefficient (Wildman–Crippen LogP) is 1.98. The summed E-state index contributed by atoms with van der Waals surface area (Å²) in [5.41, 5.74) is -0.510. The molecule has 1 aromatic rings. The molecule has 86 valence electrons. The Bertz CT molecular complexity index is 389. The van der Waals surface area contributed by atoms with E-state index < -0.39 is 5.60 Å². The van der Waals surface area contributed by atoms with Crippen LogP contribution in [0, 0.1) is 23.7 Å². The van der Waals surface area contributed by atoms with Crippen LogP contribution in [0.25, 0.3) is 0 Å². The van der Waals surface area contributed by atoms with Gasteiger partial charge in [0.1, 0.15) is 6.33 Å². The summed E-state index contributed by atoms with van der Waals surface area (Å²) < 4.78 is 0. The highest BCUT2D eigenvalue weighted by atomic mass is 16.3. The minimum absolute atomic E-state index is 0.00949. The third-order valence-corrected chi connectivity index (χ3v) is 2.39. The first-order chi connectivity index (χ1) is 7.47. The van der Waals surface area contributed by atoms with Crippen molar-refractivity contribution in [2.45, 2.75) is 33.3 Å². The van der Waals surface area contributed by atoms with Crippen LogP contribution in [-0.4, -0.2) is 15.1 Å². The van der Waals surface area contributed by atoms with E-state index in [1.807, 2.05) is 27.7 Å². The molecule has 3 nitrogen and oxygen atoms in total. The first-order valence-corrected chi connectivity index (χ1v) is 5.47. The van der Waals surface area contributed by atoms with Gasteiger partial charge in [-0.2, -0.15) is 0 Å². The van der Waals surface area contributed by atoms with Gasteiger partial charge in [-0.25, -0.2) is 9.97 Å². The molecule has 16 heavy (non-hydrogen) atoms. The third kappa shape index (κ3) is 2.80. The molecule has 0 aliphatic rings. The normalized spacial score (nSPS) is 14.4.